The van der Waals surface area contributed by atoms with Crippen molar-refractivity contribution in [3.05, 3.63) is 42.5 Å². The van der Waals surface area contributed by atoms with Gasteiger partial charge in [-0.25, -0.2) is 13.1 Å². The molecule has 0 aliphatic carbocycles. The van der Waals surface area contributed by atoms with Crippen LogP contribution < -0.4 is 10.0 Å². The molecule has 2 aromatic carbocycles. The predicted molar refractivity (Wildman–Crippen MR) is 129 cm³/mol. The van der Waals surface area contributed by atoms with Crippen LogP contribution in [-0.4, -0.2) is 74.8 Å². The lowest BCUT2D eigenvalue weighted by atomic mass is 10.1. The van der Waals surface area contributed by atoms with E-state index in [1.807, 2.05) is 45.0 Å². The molecule has 1 aliphatic heterocycles. The zero-order valence-corrected chi connectivity index (χ0v) is 20.5. The highest BCUT2D eigenvalue weighted by Gasteiger charge is 2.22. The van der Waals surface area contributed by atoms with Crippen molar-refractivity contribution in [1.82, 2.24) is 19.8 Å². The Bertz CT molecular complexity index is 1100. The number of nitrogens with one attached hydrogen (secondary N) is 2. The second kappa shape index (κ2) is 10.6. The summed E-state index contributed by atoms with van der Waals surface area (Å²) in [5, 5.41) is 4.78. The van der Waals surface area contributed by atoms with Crippen molar-refractivity contribution in [1.29, 1.82) is 0 Å². The van der Waals surface area contributed by atoms with Gasteiger partial charge >= 0.3 is 0 Å². The van der Waals surface area contributed by atoms with Crippen LogP contribution in [-0.2, 0) is 19.6 Å². The average molecular weight is 475 g/mol. The Morgan fingerprint density at radius 1 is 0.970 bits per heavy atom. The van der Waals surface area contributed by atoms with E-state index in [9.17, 15) is 18.0 Å². The van der Waals surface area contributed by atoms with Gasteiger partial charge in [0, 0.05) is 44.7 Å². The molecule has 3 rings (SSSR count). The number of hydrogen-bond acceptors (Lipinski definition) is 5. The molecule has 0 unspecified atom stereocenters. The number of fused-ring (bicyclic) bond motifs is 1. The van der Waals surface area contributed by atoms with Gasteiger partial charge in [0.2, 0.25) is 21.8 Å². The minimum absolute atomic E-state index is 0.0228. The molecular formula is C24H34N4O4S. The van der Waals surface area contributed by atoms with Crippen LogP contribution in [0.1, 0.15) is 33.6 Å². The van der Waals surface area contributed by atoms with E-state index in [0.29, 0.717) is 26.2 Å². The third-order valence-corrected chi connectivity index (χ3v) is 6.94. The standard InChI is InChI=1S/C24H34N4O4S/c1-24(2,3)26-22(29)18-27-13-6-14-28(16-15-27)23(30)11-12-25-33(31,32)21-10-9-19-7-4-5-8-20(19)17-21/h4-5,7-10,17,25H,6,11-16,18H2,1-3H3,(H,26,29). The van der Waals surface area contributed by atoms with E-state index in [1.165, 1.54) is 0 Å². The van der Waals surface area contributed by atoms with E-state index < -0.39 is 10.0 Å². The number of benzene rings is 2. The summed E-state index contributed by atoms with van der Waals surface area (Å²) in [5.41, 5.74) is -0.273. The van der Waals surface area contributed by atoms with Crippen LogP contribution in [0.3, 0.4) is 0 Å². The molecular weight excluding hydrogens is 440 g/mol. The molecule has 8 nitrogen and oxygen atoms in total. The minimum atomic E-state index is -3.70. The van der Waals surface area contributed by atoms with Crippen molar-refractivity contribution >= 4 is 32.6 Å². The van der Waals surface area contributed by atoms with Gasteiger partial charge in [-0.05, 0) is 50.1 Å². The SMILES string of the molecule is CC(C)(C)NC(=O)CN1CCCN(C(=O)CCNS(=O)(=O)c2ccc3ccccc3c2)CC1. The van der Waals surface area contributed by atoms with Gasteiger partial charge in [-0.1, -0.05) is 30.3 Å². The summed E-state index contributed by atoms with van der Waals surface area (Å²) >= 11 is 0. The topological polar surface area (TPSA) is 98.8 Å². The Labute approximate surface area is 196 Å². The maximum atomic E-state index is 12.7. The Kier molecular flexibility index (Phi) is 8.10. The van der Waals surface area contributed by atoms with E-state index in [1.54, 1.807) is 23.1 Å². The number of carbonyl (C=O) groups excluding carboxylic acids is 2. The molecule has 0 bridgehead atoms. The van der Waals surface area contributed by atoms with Crippen LogP contribution in [0.5, 0.6) is 0 Å². The second-order valence-electron chi connectivity index (χ2n) is 9.47. The zero-order chi connectivity index (χ0) is 24.1. The summed E-state index contributed by atoms with van der Waals surface area (Å²) in [5.74, 6) is -0.109. The van der Waals surface area contributed by atoms with Gasteiger partial charge in [0.1, 0.15) is 0 Å². The lowest BCUT2D eigenvalue weighted by Gasteiger charge is -2.25. The minimum Gasteiger partial charge on any atom is -0.350 e. The molecule has 33 heavy (non-hydrogen) atoms. The molecule has 9 heteroatoms. The van der Waals surface area contributed by atoms with E-state index in [-0.39, 0.29) is 35.2 Å². The highest BCUT2D eigenvalue weighted by atomic mass is 32.2. The highest BCUT2D eigenvalue weighted by Crippen LogP contribution is 2.18. The van der Waals surface area contributed by atoms with Gasteiger partial charge < -0.3 is 10.2 Å². The van der Waals surface area contributed by atoms with Crippen molar-refractivity contribution in [3.63, 3.8) is 0 Å². The van der Waals surface area contributed by atoms with Crippen LogP contribution in [0.2, 0.25) is 0 Å². The quantitative estimate of drug-likeness (QED) is 0.639. The average Bonchev–Trinajstić information content (AvgIpc) is 2.97. The fourth-order valence-electron chi connectivity index (χ4n) is 3.91. The van der Waals surface area contributed by atoms with Crippen molar-refractivity contribution in [3.8, 4) is 0 Å². The summed E-state index contributed by atoms with van der Waals surface area (Å²) in [7, 11) is -3.70. The predicted octanol–water partition coefficient (Wildman–Crippen LogP) is 1.96. The van der Waals surface area contributed by atoms with Crippen LogP contribution in [0.15, 0.2) is 47.4 Å². The molecule has 0 radical (unpaired) electrons. The molecule has 2 N–H and O–H groups in total. The number of hydrogen-bond donors (Lipinski definition) is 2. The van der Waals surface area contributed by atoms with Crippen molar-refractivity contribution < 1.29 is 18.0 Å². The molecule has 0 spiro atoms. The largest absolute Gasteiger partial charge is 0.350 e. The Morgan fingerprint density at radius 3 is 2.42 bits per heavy atom. The van der Waals surface area contributed by atoms with E-state index in [2.05, 4.69) is 14.9 Å². The number of amides is 2. The Hall–Kier alpha value is -2.49. The van der Waals surface area contributed by atoms with Gasteiger partial charge in [0.25, 0.3) is 0 Å². The van der Waals surface area contributed by atoms with E-state index in [4.69, 9.17) is 0 Å². The van der Waals surface area contributed by atoms with Gasteiger partial charge in [-0.15, -0.1) is 0 Å². The first kappa shape index (κ1) is 25.1. The van der Waals surface area contributed by atoms with Crippen LogP contribution >= 0.6 is 0 Å². The lowest BCUT2D eigenvalue weighted by Crippen LogP contribution is -2.46. The van der Waals surface area contributed by atoms with Gasteiger partial charge in [-0.3, -0.25) is 14.5 Å². The third-order valence-electron chi connectivity index (χ3n) is 5.49. The first-order valence-electron chi connectivity index (χ1n) is 11.3. The number of carbonyl (C=O) groups is 2. The number of rotatable bonds is 7. The van der Waals surface area contributed by atoms with Crippen molar-refractivity contribution in [2.45, 2.75) is 44.0 Å². The maximum Gasteiger partial charge on any atom is 0.240 e. The molecule has 1 fully saturated rings. The fourth-order valence-corrected chi connectivity index (χ4v) is 4.97. The number of sulfonamides is 1. The van der Waals surface area contributed by atoms with Gasteiger partial charge in [-0.2, -0.15) is 0 Å². The van der Waals surface area contributed by atoms with Gasteiger partial charge in [0.15, 0.2) is 0 Å². The molecule has 1 aliphatic rings. The van der Waals surface area contributed by atoms with Crippen LogP contribution in [0.4, 0.5) is 0 Å². The molecule has 0 aromatic heterocycles. The van der Waals surface area contributed by atoms with E-state index >= 15 is 0 Å². The molecule has 0 saturated carbocycles. The first-order valence-corrected chi connectivity index (χ1v) is 12.8. The summed E-state index contributed by atoms with van der Waals surface area (Å²) in [6.07, 6.45) is 0.870. The summed E-state index contributed by atoms with van der Waals surface area (Å²) in [4.78, 5) is 28.8. The summed E-state index contributed by atoms with van der Waals surface area (Å²) < 4.78 is 27.8. The summed E-state index contributed by atoms with van der Waals surface area (Å²) in [6.45, 7) is 8.69. The molecule has 2 amide bonds. The van der Waals surface area contributed by atoms with Crippen LogP contribution in [0, 0.1) is 0 Å². The van der Waals surface area contributed by atoms with E-state index in [0.717, 1.165) is 23.7 Å². The maximum absolute atomic E-state index is 12.7. The Morgan fingerprint density at radius 2 is 1.70 bits per heavy atom. The second-order valence-corrected chi connectivity index (χ2v) is 11.2. The zero-order valence-electron chi connectivity index (χ0n) is 19.6. The fraction of sp³-hybridized carbons (Fsp3) is 0.500. The van der Waals surface area contributed by atoms with Crippen LogP contribution in [0.25, 0.3) is 10.8 Å². The summed E-state index contributed by atoms with van der Waals surface area (Å²) in [6, 6.07) is 12.6. The molecule has 1 heterocycles. The van der Waals surface area contributed by atoms with Gasteiger partial charge in [0.05, 0.1) is 11.4 Å². The molecule has 180 valence electrons. The molecule has 0 atom stereocenters. The first-order chi connectivity index (χ1) is 15.5. The normalized spacial score (nSPS) is 15.9. The van der Waals surface area contributed by atoms with Crippen molar-refractivity contribution in [2.24, 2.45) is 0 Å². The molecule has 1 saturated heterocycles. The molecule has 2 aromatic rings. The lowest BCUT2D eigenvalue weighted by molar-refractivity contribution is -0.130. The smallest absolute Gasteiger partial charge is 0.240 e. The number of nitrogens with zero attached hydrogens (tertiary/aromatic N) is 2. The third kappa shape index (κ3) is 7.52. The monoisotopic (exact) mass is 474 g/mol. The van der Waals surface area contributed by atoms with Crippen molar-refractivity contribution in [2.75, 3.05) is 39.3 Å². The Balaban J connectivity index is 1.47. The highest BCUT2D eigenvalue weighted by molar-refractivity contribution is 7.89.